The molecule has 0 saturated heterocycles. The summed E-state index contributed by atoms with van der Waals surface area (Å²) in [6.45, 7) is 3.14. The Morgan fingerprint density at radius 2 is 2.10 bits per heavy atom. The summed E-state index contributed by atoms with van der Waals surface area (Å²) in [7, 11) is 1.37. The van der Waals surface area contributed by atoms with E-state index < -0.39 is 0 Å². The van der Waals surface area contributed by atoms with Crippen LogP contribution in [0.3, 0.4) is 0 Å². The van der Waals surface area contributed by atoms with E-state index in [9.17, 15) is 4.91 Å². The summed E-state index contributed by atoms with van der Waals surface area (Å²) in [5, 5.41) is 0. The van der Waals surface area contributed by atoms with Crippen LogP contribution in [0.2, 0.25) is 0 Å². The Labute approximate surface area is 126 Å². The fraction of sp³-hybridized carbons (Fsp3) is 0.647. The van der Waals surface area contributed by atoms with Crippen LogP contribution in [-0.4, -0.2) is 18.6 Å². The maximum Gasteiger partial charge on any atom is 0.320 e. The minimum atomic E-state index is 0.490. The molecule has 1 aliphatic heterocycles. The second-order valence-electron chi connectivity index (χ2n) is 6.43. The van der Waals surface area contributed by atoms with Crippen molar-refractivity contribution in [1.29, 1.82) is 0 Å². The van der Waals surface area contributed by atoms with Crippen molar-refractivity contribution in [2.75, 3.05) is 13.7 Å². The van der Waals surface area contributed by atoms with Crippen molar-refractivity contribution in [3.05, 3.63) is 28.7 Å². The molecule has 1 saturated carbocycles. The monoisotopic (exact) mass is 290 g/mol. The first-order valence-electron chi connectivity index (χ1n) is 7.96. The zero-order valence-electron chi connectivity index (χ0n) is 12.9. The third-order valence-corrected chi connectivity index (χ3v) is 5.12. The van der Waals surface area contributed by atoms with E-state index in [2.05, 4.69) is 6.92 Å². The molecular weight excluding hydrogens is 266 g/mol. The van der Waals surface area contributed by atoms with E-state index in [1.54, 1.807) is 0 Å². The predicted molar refractivity (Wildman–Crippen MR) is 80.5 cm³/mol. The molecule has 1 heterocycles. The summed E-state index contributed by atoms with van der Waals surface area (Å²) in [6.07, 6.45) is 6.32. The van der Waals surface area contributed by atoms with Crippen molar-refractivity contribution in [2.24, 2.45) is 17.8 Å². The van der Waals surface area contributed by atoms with E-state index in [0.717, 1.165) is 24.7 Å². The number of ether oxygens (including phenoxy) is 1. The summed E-state index contributed by atoms with van der Waals surface area (Å²) in [5.74, 6) is 2.97. The summed E-state index contributed by atoms with van der Waals surface area (Å²) in [6, 6.07) is 5.63. The van der Waals surface area contributed by atoms with Gasteiger partial charge in [-0.1, -0.05) is 19.8 Å². The number of benzene rings is 1. The van der Waals surface area contributed by atoms with Crippen LogP contribution in [0, 0.1) is 22.7 Å². The smallest absolute Gasteiger partial charge is 0.320 e. The zero-order chi connectivity index (χ0) is 14.8. The first-order chi connectivity index (χ1) is 10.2. The molecule has 3 rings (SSSR count). The highest BCUT2D eigenvalue weighted by molar-refractivity contribution is 5.44. The minimum absolute atomic E-state index is 0.490. The Morgan fingerprint density at radius 1 is 1.29 bits per heavy atom. The van der Waals surface area contributed by atoms with Crippen molar-refractivity contribution >= 4 is 5.69 Å². The van der Waals surface area contributed by atoms with Crippen LogP contribution in [0.25, 0.3) is 0 Å². The highest BCUT2D eigenvalue weighted by Gasteiger charge is 2.33. The maximum atomic E-state index is 11.6. The van der Waals surface area contributed by atoms with Gasteiger partial charge in [0, 0.05) is 6.07 Å². The van der Waals surface area contributed by atoms with Crippen LogP contribution >= 0.6 is 0 Å². The largest absolute Gasteiger partial charge is 0.493 e. The fourth-order valence-corrected chi connectivity index (χ4v) is 3.95. The minimum Gasteiger partial charge on any atom is -0.493 e. The molecule has 1 aliphatic carbocycles. The van der Waals surface area contributed by atoms with E-state index in [1.807, 2.05) is 18.2 Å². The molecule has 1 fully saturated rings. The standard InChI is InChI=1S/C17H24NO3/c1-12-9-13-7-8-15(18(19)20-2)10-17(13)21-11-14-5-3-4-6-16(12)14/h7-8,10,12,14,16H,3-6,9,11H2,1-2H3/q+1. The maximum absolute atomic E-state index is 11.6. The van der Waals surface area contributed by atoms with Gasteiger partial charge in [-0.3, -0.25) is 0 Å². The lowest BCUT2D eigenvalue weighted by atomic mass is 9.71. The van der Waals surface area contributed by atoms with Crippen LogP contribution in [-0.2, 0) is 11.3 Å². The molecule has 0 aromatic heterocycles. The lowest BCUT2D eigenvalue weighted by Gasteiger charge is -2.37. The molecule has 4 nitrogen and oxygen atoms in total. The molecule has 21 heavy (non-hydrogen) atoms. The van der Waals surface area contributed by atoms with Gasteiger partial charge in [-0.2, -0.15) is 0 Å². The van der Waals surface area contributed by atoms with E-state index in [4.69, 9.17) is 9.57 Å². The third-order valence-electron chi connectivity index (χ3n) is 5.12. The number of nitrogens with zero attached hydrogens (tertiary/aromatic N) is 1. The van der Waals surface area contributed by atoms with Gasteiger partial charge in [0.1, 0.15) is 5.75 Å². The van der Waals surface area contributed by atoms with Crippen molar-refractivity contribution < 1.29 is 14.5 Å². The van der Waals surface area contributed by atoms with Gasteiger partial charge in [-0.15, -0.1) is 0 Å². The molecule has 0 spiro atoms. The fourth-order valence-electron chi connectivity index (χ4n) is 3.95. The molecule has 1 aromatic carbocycles. The number of rotatable bonds is 2. The van der Waals surface area contributed by atoms with E-state index >= 15 is 0 Å². The van der Waals surface area contributed by atoms with Crippen LogP contribution in [0.1, 0.15) is 38.2 Å². The lowest BCUT2D eigenvalue weighted by Crippen LogP contribution is -2.32. The molecule has 0 amide bonds. The van der Waals surface area contributed by atoms with Crippen molar-refractivity contribution in [3.63, 3.8) is 0 Å². The van der Waals surface area contributed by atoms with Gasteiger partial charge in [-0.05, 0) is 48.6 Å². The van der Waals surface area contributed by atoms with Crippen LogP contribution in [0.5, 0.6) is 5.75 Å². The van der Waals surface area contributed by atoms with Crippen molar-refractivity contribution in [3.8, 4) is 5.75 Å². The summed E-state index contributed by atoms with van der Waals surface area (Å²) in [5.41, 5.74) is 1.70. The Kier molecular flexibility index (Phi) is 4.13. The number of hydrogen-bond acceptors (Lipinski definition) is 3. The summed E-state index contributed by atoms with van der Waals surface area (Å²) >= 11 is 0. The summed E-state index contributed by atoms with van der Waals surface area (Å²) in [4.78, 5) is 16.8. The Morgan fingerprint density at radius 3 is 2.90 bits per heavy atom. The molecular formula is C17H24NO3+. The highest BCUT2D eigenvalue weighted by atomic mass is 16.8. The van der Waals surface area contributed by atoms with Crippen LogP contribution in [0.15, 0.2) is 18.2 Å². The average Bonchev–Trinajstić information content (AvgIpc) is 2.51. The van der Waals surface area contributed by atoms with Gasteiger partial charge < -0.3 is 4.74 Å². The van der Waals surface area contributed by atoms with Crippen LogP contribution < -0.4 is 4.74 Å². The van der Waals surface area contributed by atoms with E-state index in [0.29, 0.717) is 22.4 Å². The van der Waals surface area contributed by atoms with Crippen molar-refractivity contribution in [1.82, 2.24) is 0 Å². The molecule has 2 aliphatic rings. The normalized spacial score (nSPS) is 28.4. The Bertz CT molecular complexity index is 529. The highest BCUT2D eigenvalue weighted by Crippen LogP contribution is 2.40. The topological polar surface area (TPSA) is 38.5 Å². The summed E-state index contributed by atoms with van der Waals surface area (Å²) < 4.78 is 6.06. The van der Waals surface area contributed by atoms with Gasteiger partial charge >= 0.3 is 5.69 Å². The molecule has 3 unspecified atom stereocenters. The Balaban J connectivity index is 1.87. The zero-order valence-corrected chi connectivity index (χ0v) is 12.9. The second-order valence-corrected chi connectivity index (χ2v) is 6.43. The molecule has 3 atom stereocenters. The van der Waals surface area contributed by atoms with Crippen molar-refractivity contribution in [2.45, 2.75) is 39.0 Å². The molecule has 1 aromatic rings. The lowest BCUT2D eigenvalue weighted by molar-refractivity contribution is -0.736. The van der Waals surface area contributed by atoms with Gasteiger partial charge in [0.2, 0.25) is 0 Å². The quantitative estimate of drug-likeness (QED) is 0.772. The molecule has 0 bridgehead atoms. The molecule has 0 radical (unpaired) electrons. The third kappa shape index (κ3) is 2.89. The van der Waals surface area contributed by atoms with Gasteiger partial charge in [-0.25, -0.2) is 4.84 Å². The molecule has 0 N–H and O–H groups in total. The average molecular weight is 290 g/mol. The van der Waals surface area contributed by atoms with Gasteiger partial charge in [0.15, 0.2) is 7.11 Å². The first-order valence-corrected chi connectivity index (χ1v) is 7.96. The van der Waals surface area contributed by atoms with Gasteiger partial charge in [0.25, 0.3) is 4.92 Å². The SMILES string of the molecule is CO[N+](=O)c1ccc2c(c1)OCC1CCCCC1C(C)C2. The van der Waals surface area contributed by atoms with Gasteiger partial charge in [0.05, 0.1) is 17.6 Å². The second kappa shape index (κ2) is 6.04. The predicted octanol–water partition coefficient (Wildman–Crippen LogP) is 4.04. The molecule has 4 heteroatoms. The Hall–Kier alpha value is -1.58. The van der Waals surface area contributed by atoms with E-state index in [1.165, 1.54) is 38.4 Å². The molecule has 114 valence electrons. The van der Waals surface area contributed by atoms with E-state index in [-0.39, 0.29) is 0 Å². The van der Waals surface area contributed by atoms with Crippen LogP contribution in [0.4, 0.5) is 5.69 Å². The number of hydrogen-bond donors (Lipinski definition) is 0. The number of fused-ring (bicyclic) bond motifs is 2. The first kappa shape index (κ1) is 14.4.